The van der Waals surface area contributed by atoms with E-state index in [9.17, 15) is 22.9 Å². The fraction of sp³-hybridized carbons (Fsp3) is 0.914. The largest absolute Gasteiger partial charge is 0.748 e. The van der Waals surface area contributed by atoms with Crippen LogP contribution in [0, 0.1) is 46.3 Å². The van der Waals surface area contributed by atoms with Crippen LogP contribution >= 0.6 is 0 Å². The second kappa shape index (κ2) is 13.8. The fourth-order valence-electron chi connectivity index (χ4n) is 10.4. The summed E-state index contributed by atoms with van der Waals surface area (Å²) in [5.41, 5.74) is 1.07. The summed E-state index contributed by atoms with van der Waals surface area (Å²) in [5, 5.41) is 14.0. The van der Waals surface area contributed by atoms with Gasteiger partial charge in [0.15, 0.2) is 0 Å². The molecule has 0 bridgehead atoms. The standard InChI is InChI=1S/C35H62N2O5S/c1-25(2)10-7-11-26(3)30-14-15-31-29-13-12-27-24-28(38)16-19-35(27,32(29)17-18-34(30,31)4)33(39)36-20-8-21-37(5,6)22-9-23-43(40,41)42/h12,25-26,28-32,38H,7-11,13-24H2,1-6H3,(H-,36,39,40,41,42)/t26-,28+,29+,30-,31+,32+,34-,35-/m1/s1. The number of quaternary nitrogens is 1. The first-order valence-electron chi connectivity index (χ1n) is 17.5. The SMILES string of the molecule is CC(C)CCC[C@@H](C)[C@H]1CC[C@H]2[C@@H]3CC=C4C[C@@H](O)CC[C@]4(C(=O)NCCC[N+](C)(C)CCCS(=O)(=O)[O-])[C@H]3CC[C@]12C. The zero-order chi connectivity index (χ0) is 31.6. The van der Waals surface area contributed by atoms with Gasteiger partial charge in [-0.1, -0.05) is 58.6 Å². The number of amides is 1. The van der Waals surface area contributed by atoms with Gasteiger partial charge in [0.1, 0.15) is 0 Å². The highest BCUT2D eigenvalue weighted by molar-refractivity contribution is 7.85. The molecule has 3 fully saturated rings. The van der Waals surface area contributed by atoms with E-state index in [-0.39, 0.29) is 17.8 Å². The van der Waals surface area contributed by atoms with Crippen LogP contribution in [-0.4, -0.2) is 74.1 Å². The lowest BCUT2D eigenvalue weighted by molar-refractivity contribution is -0.890. The normalized spacial score (nSPS) is 35.1. The Kier molecular flexibility index (Phi) is 11.2. The summed E-state index contributed by atoms with van der Waals surface area (Å²) in [6.07, 6.45) is 15.2. The molecule has 0 spiro atoms. The zero-order valence-electron chi connectivity index (χ0n) is 28.1. The average Bonchev–Trinajstić information content (AvgIpc) is 3.27. The molecule has 0 aliphatic heterocycles. The van der Waals surface area contributed by atoms with Gasteiger partial charge >= 0.3 is 0 Å². The molecule has 4 aliphatic rings. The number of rotatable bonds is 14. The van der Waals surface area contributed by atoms with Crippen LogP contribution in [0.5, 0.6) is 0 Å². The van der Waals surface area contributed by atoms with Crippen molar-refractivity contribution in [1.82, 2.24) is 5.32 Å². The van der Waals surface area contributed by atoms with Crippen LogP contribution in [0.4, 0.5) is 0 Å². The van der Waals surface area contributed by atoms with E-state index in [0.29, 0.717) is 60.0 Å². The van der Waals surface area contributed by atoms with Crippen LogP contribution in [0.15, 0.2) is 11.6 Å². The molecular formula is C35H62N2O5S. The molecule has 0 heterocycles. The smallest absolute Gasteiger partial charge is 0.230 e. The number of allylic oxidation sites excluding steroid dienone is 1. The molecule has 1 amide bonds. The van der Waals surface area contributed by atoms with Gasteiger partial charge in [0.25, 0.3) is 0 Å². The molecule has 248 valence electrons. The van der Waals surface area contributed by atoms with E-state index in [2.05, 4.69) is 39.1 Å². The van der Waals surface area contributed by atoms with E-state index >= 15 is 0 Å². The van der Waals surface area contributed by atoms with Gasteiger partial charge in [-0.2, -0.15) is 0 Å². The number of hydrogen-bond donors (Lipinski definition) is 2. The lowest BCUT2D eigenvalue weighted by Crippen LogP contribution is -2.57. The molecule has 0 unspecified atom stereocenters. The average molecular weight is 623 g/mol. The number of nitrogens with zero attached hydrogens (tertiary/aromatic N) is 1. The van der Waals surface area contributed by atoms with Crippen LogP contribution < -0.4 is 5.32 Å². The summed E-state index contributed by atoms with van der Waals surface area (Å²) in [5.74, 6) is 3.74. The first-order valence-corrected chi connectivity index (χ1v) is 19.1. The second-order valence-corrected chi connectivity index (χ2v) is 17.9. The quantitative estimate of drug-likeness (QED) is 0.109. The molecule has 4 aliphatic carbocycles. The predicted molar refractivity (Wildman–Crippen MR) is 172 cm³/mol. The number of carbonyl (C=O) groups is 1. The minimum Gasteiger partial charge on any atom is -0.748 e. The molecule has 2 N–H and O–H groups in total. The van der Waals surface area contributed by atoms with Gasteiger partial charge in [-0.25, -0.2) is 8.42 Å². The molecule has 0 radical (unpaired) electrons. The van der Waals surface area contributed by atoms with Crippen molar-refractivity contribution in [3.63, 3.8) is 0 Å². The maximum absolute atomic E-state index is 14.3. The van der Waals surface area contributed by atoms with Gasteiger partial charge in [-0.3, -0.25) is 4.79 Å². The number of hydrogen-bond acceptors (Lipinski definition) is 5. The van der Waals surface area contributed by atoms with Crippen molar-refractivity contribution in [1.29, 1.82) is 0 Å². The lowest BCUT2D eigenvalue weighted by Gasteiger charge is -2.58. The minimum atomic E-state index is -4.19. The van der Waals surface area contributed by atoms with Crippen molar-refractivity contribution < 1.29 is 27.4 Å². The molecule has 0 aromatic rings. The number of fused-ring (bicyclic) bond motifs is 5. The Bertz CT molecular complexity index is 1100. The maximum atomic E-state index is 14.3. The number of aliphatic hydroxyl groups is 1. The first kappa shape index (κ1) is 34.9. The van der Waals surface area contributed by atoms with E-state index in [1.807, 2.05) is 14.1 Å². The number of nitrogens with one attached hydrogen (secondary N) is 1. The molecular weight excluding hydrogens is 560 g/mol. The summed E-state index contributed by atoms with van der Waals surface area (Å²) >= 11 is 0. The highest BCUT2D eigenvalue weighted by atomic mass is 32.2. The Morgan fingerprint density at radius 2 is 1.77 bits per heavy atom. The molecule has 0 aromatic carbocycles. The van der Waals surface area contributed by atoms with Crippen molar-refractivity contribution in [3.05, 3.63) is 11.6 Å². The Morgan fingerprint density at radius 1 is 1.05 bits per heavy atom. The third-order valence-electron chi connectivity index (χ3n) is 12.6. The van der Waals surface area contributed by atoms with Gasteiger partial charge in [0.2, 0.25) is 5.91 Å². The van der Waals surface area contributed by atoms with E-state index in [1.54, 1.807) is 0 Å². The molecule has 3 saturated carbocycles. The maximum Gasteiger partial charge on any atom is 0.230 e. The fourth-order valence-corrected chi connectivity index (χ4v) is 10.9. The highest BCUT2D eigenvalue weighted by Crippen LogP contribution is 2.67. The minimum absolute atomic E-state index is 0.170. The van der Waals surface area contributed by atoms with Crippen molar-refractivity contribution in [2.45, 2.75) is 117 Å². The first-order chi connectivity index (χ1) is 20.1. The summed E-state index contributed by atoms with van der Waals surface area (Å²) in [6.45, 7) is 11.8. The molecule has 43 heavy (non-hydrogen) atoms. The molecule has 8 atom stereocenters. The zero-order valence-corrected chi connectivity index (χ0v) is 28.9. The van der Waals surface area contributed by atoms with E-state index in [1.165, 1.54) is 44.1 Å². The Hall–Kier alpha value is -0.960. The number of aliphatic hydroxyl groups excluding tert-OH is 1. The van der Waals surface area contributed by atoms with Gasteiger partial charge in [0.05, 0.1) is 48.8 Å². The summed E-state index contributed by atoms with van der Waals surface area (Å²) in [6, 6.07) is 0. The molecule has 8 heteroatoms. The predicted octanol–water partition coefficient (Wildman–Crippen LogP) is 5.89. The molecule has 7 nitrogen and oxygen atoms in total. The molecule has 4 rings (SSSR count). The Labute approximate surface area is 263 Å². The second-order valence-electron chi connectivity index (χ2n) is 16.3. The third kappa shape index (κ3) is 7.89. The Balaban J connectivity index is 1.42. The van der Waals surface area contributed by atoms with Crippen LogP contribution in [0.2, 0.25) is 0 Å². The van der Waals surface area contributed by atoms with Crippen molar-refractivity contribution in [3.8, 4) is 0 Å². The number of carbonyl (C=O) groups excluding carboxylic acids is 1. The summed E-state index contributed by atoms with van der Waals surface area (Å²) < 4.78 is 33.6. The lowest BCUT2D eigenvalue weighted by atomic mass is 9.46. The van der Waals surface area contributed by atoms with Gasteiger partial charge in [0, 0.05) is 25.1 Å². The van der Waals surface area contributed by atoms with Crippen LogP contribution in [0.25, 0.3) is 0 Å². The van der Waals surface area contributed by atoms with Crippen molar-refractivity contribution >= 4 is 16.0 Å². The van der Waals surface area contributed by atoms with Crippen molar-refractivity contribution in [2.75, 3.05) is 39.5 Å². The van der Waals surface area contributed by atoms with Crippen molar-refractivity contribution in [2.24, 2.45) is 46.3 Å². The molecule has 0 saturated heterocycles. The van der Waals surface area contributed by atoms with E-state index < -0.39 is 15.5 Å². The van der Waals surface area contributed by atoms with Crippen LogP contribution in [-0.2, 0) is 14.9 Å². The van der Waals surface area contributed by atoms with E-state index in [0.717, 1.165) is 50.0 Å². The summed E-state index contributed by atoms with van der Waals surface area (Å²) in [7, 11) is -0.0898. The Morgan fingerprint density at radius 3 is 2.47 bits per heavy atom. The highest BCUT2D eigenvalue weighted by Gasteiger charge is 2.62. The van der Waals surface area contributed by atoms with Crippen LogP contribution in [0.3, 0.4) is 0 Å². The summed E-state index contributed by atoms with van der Waals surface area (Å²) in [4.78, 5) is 14.3. The monoisotopic (exact) mass is 622 g/mol. The van der Waals surface area contributed by atoms with Crippen LogP contribution in [0.1, 0.15) is 111 Å². The van der Waals surface area contributed by atoms with Gasteiger partial charge < -0.3 is 19.5 Å². The van der Waals surface area contributed by atoms with E-state index in [4.69, 9.17) is 0 Å². The van der Waals surface area contributed by atoms with Gasteiger partial charge in [-0.15, -0.1) is 0 Å². The topological polar surface area (TPSA) is 107 Å². The molecule has 0 aromatic heterocycles. The third-order valence-corrected chi connectivity index (χ3v) is 13.4. The van der Waals surface area contributed by atoms with Gasteiger partial charge in [-0.05, 0) is 92.3 Å².